The first-order valence-corrected chi connectivity index (χ1v) is 6.46. The highest BCUT2D eigenvalue weighted by Crippen LogP contribution is 2.41. The van der Waals surface area contributed by atoms with E-state index in [4.69, 9.17) is 5.73 Å². The van der Waals surface area contributed by atoms with E-state index in [2.05, 4.69) is 13.8 Å². The van der Waals surface area contributed by atoms with Crippen LogP contribution in [0.15, 0.2) is 24.3 Å². The number of halogens is 1. The maximum atomic E-state index is 12.9. The van der Waals surface area contributed by atoms with Crippen LogP contribution in [0.3, 0.4) is 0 Å². The Kier molecular flexibility index (Phi) is 3.26. The van der Waals surface area contributed by atoms with Crippen LogP contribution < -0.4 is 5.73 Å². The normalized spacial score (nSPS) is 28.7. The van der Waals surface area contributed by atoms with E-state index in [-0.39, 0.29) is 11.4 Å². The van der Waals surface area contributed by atoms with Crippen LogP contribution in [0.2, 0.25) is 0 Å². The fourth-order valence-electron chi connectivity index (χ4n) is 2.76. The summed E-state index contributed by atoms with van der Waals surface area (Å²) in [5.41, 5.74) is 7.74. The van der Waals surface area contributed by atoms with Crippen molar-refractivity contribution in [3.05, 3.63) is 35.6 Å². The molecule has 94 valence electrons. The van der Waals surface area contributed by atoms with Gasteiger partial charge in [-0.3, -0.25) is 0 Å². The average Bonchev–Trinajstić information content (AvgIpc) is 2.40. The third-order valence-corrected chi connectivity index (χ3v) is 4.14. The van der Waals surface area contributed by atoms with Crippen molar-refractivity contribution in [1.29, 1.82) is 0 Å². The molecule has 0 aromatic heterocycles. The van der Waals surface area contributed by atoms with Gasteiger partial charge in [-0.25, -0.2) is 4.39 Å². The zero-order valence-corrected chi connectivity index (χ0v) is 10.8. The quantitative estimate of drug-likeness (QED) is 0.732. The summed E-state index contributed by atoms with van der Waals surface area (Å²) in [5.74, 6) is -0.189. The monoisotopic (exact) mass is 235 g/mol. The molecule has 1 aromatic carbocycles. The second-order valence-electron chi connectivity index (χ2n) is 6.18. The number of hydrogen-bond acceptors (Lipinski definition) is 1. The van der Waals surface area contributed by atoms with Gasteiger partial charge in [0, 0.05) is 5.54 Å². The lowest BCUT2D eigenvalue weighted by molar-refractivity contribution is 0.299. The van der Waals surface area contributed by atoms with Gasteiger partial charge in [-0.15, -0.1) is 0 Å². The Balaban J connectivity index is 2.21. The van der Waals surface area contributed by atoms with Crippen LogP contribution in [0.25, 0.3) is 0 Å². The minimum Gasteiger partial charge on any atom is -0.321 e. The summed E-state index contributed by atoms with van der Waals surface area (Å²) in [4.78, 5) is 0. The van der Waals surface area contributed by atoms with Crippen molar-refractivity contribution in [3.63, 3.8) is 0 Å². The topological polar surface area (TPSA) is 26.0 Å². The van der Waals surface area contributed by atoms with Crippen molar-refractivity contribution in [1.82, 2.24) is 0 Å². The average molecular weight is 235 g/mol. The molecular weight excluding hydrogens is 213 g/mol. The highest BCUT2D eigenvalue weighted by Gasteiger charge is 2.33. The minimum atomic E-state index is -0.262. The maximum Gasteiger partial charge on any atom is 0.123 e. The molecule has 2 rings (SSSR count). The van der Waals surface area contributed by atoms with E-state index in [1.165, 1.54) is 18.6 Å². The number of benzene rings is 1. The van der Waals surface area contributed by atoms with Crippen molar-refractivity contribution in [2.45, 2.75) is 51.5 Å². The van der Waals surface area contributed by atoms with Crippen molar-refractivity contribution < 1.29 is 4.39 Å². The van der Waals surface area contributed by atoms with Crippen LogP contribution in [0.1, 0.15) is 51.5 Å². The SMILES string of the molecule is CC1(C)CCCC(N)(c2ccc(F)cc2)CC1. The van der Waals surface area contributed by atoms with Crippen LogP contribution in [0.4, 0.5) is 4.39 Å². The summed E-state index contributed by atoms with van der Waals surface area (Å²) in [6.45, 7) is 4.62. The molecule has 2 heteroatoms. The highest BCUT2D eigenvalue weighted by molar-refractivity contribution is 5.25. The van der Waals surface area contributed by atoms with E-state index in [0.717, 1.165) is 31.2 Å². The van der Waals surface area contributed by atoms with Crippen molar-refractivity contribution in [2.24, 2.45) is 11.1 Å². The predicted octanol–water partition coefficient (Wildman–Crippen LogP) is 3.97. The van der Waals surface area contributed by atoms with Crippen LogP contribution in [-0.2, 0) is 5.54 Å². The second kappa shape index (κ2) is 4.41. The zero-order valence-electron chi connectivity index (χ0n) is 10.8. The lowest BCUT2D eigenvalue weighted by Gasteiger charge is -2.29. The van der Waals surface area contributed by atoms with Crippen LogP contribution >= 0.6 is 0 Å². The lowest BCUT2D eigenvalue weighted by Crippen LogP contribution is -2.36. The zero-order chi connectivity index (χ0) is 12.5. The molecule has 0 spiro atoms. The first-order chi connectivity index (χ1) is 7.91. The molecule has 1 aliphatic carbocycles. The van der Waals surface area contributed by atoms with Crippen LogP contribution in [-0.4, -0.2) is 0 Å². The van der Waals surface area contributed by atoms with Gasteiger partial charge in [0.2, 0.25) is 0 Å². The Morgan fingerprint density at radius 2 is 1.65 bits per heavy atom. The molecule has 0 saturated heterocycles. The molecular formula is C15H22FN. The summed E-state index contributed by atoms with van der Waals surface area (Å²) in [6, 6.07) is 6.71. The Labute approximate surface area is 103 Å². The fourth-order valence-corrected chi connectivity index (χ4v) is 2.76. The molecule has 1 atom stereocenters. The van der Waals surface area contributed by atoms with Gasteiger partial charge in [-0.05, 0) is 48.8 Å². The molecule has 1 saturated carbocycles. The molecule has 17 heavy (non-hydrogen) atoms. The third-order valence-electron chi connectivity index (χ3n) is 4.14. The van der Waals surface area contributed by atoms with Crippen LogP contribution in [0, 0.1) is 11.2 Å². The van der Waals surface area contributed by atoms with Crippen molar-refractivity contribution >= 4 is 0 Å². The lowest BCUT2D eigenvalue weighted by atomic mass is 9.81. The van der Waals surface area contributed by atoms with Gasteiger partial charge in [0.15, 0.2) is 0 Å². The molecule has 2 N–H and O–H groups in total. The van der Waals surface area contributed by atoms with Gasteiger partial charge >= 0.3 is 0 Å². The van der Waals surface area contributed by atoms with Gasteiger partial charge in [0.05, 0.1) is 0 Å². The van der Waals surface area contributed by atoms with Crippen molar-refractivity contribution in [3.8, 4) is 0 Å². The molecule has 0 bridgehead atoms. The molecule has 0 amide bonds. The van der Waals surface area contributed by atoms with Gasteiger partial charge in [-0.2, -0.15) is 0 Å². The van der Waals surface area contributed by atoms with Gasteiger partial charge < -0.3 is 5.73 Å². The van der Waals surface area contributed by atoms with Gasteiger partial charge in [0.25, 0.3) is 0 Å². The van der Waals surface area contributed by atoms with Crippen LogP contribution in [0.5, 0.6) is 0 Å². The molecule has 0 radical (unpaired) electrons. The molecule has 0 heterocycles. The fraction of sp³-hybridized carbons (Fsp3) is 0.600. The number of hydrogen-bond donors (Lipinski definition) is 1. The van der Waals surface area contributed by atoms with E-state index < -0.39 is 0 Å². The van der Waals surface area contributed by atoms with Gasteiger partial charge in [-0.1, -0.05) is 32.4 Å². The van der Waals surface area contributed by atoms with Gasteiger partial charge in [0.1, 0.15) is 5.82 Å². The summed E-state index contributed by atoms with van der Waals surface area (Å²) in [7, 11) is 0. The smallest absolute Gasteiger partial charge is 0.123 e. The Morgan fingerprint density at radius 1 is 1.00 bits per heavy atom. The standard InChI is InChI=1S/C15H22FN/c1-14(2)8-3-9-15(17,11-10-14)12-4-6-13(16)7-5-12/h4-7H,3,8-11,17H2,1-2H3. The molecule has 1 fully saturated rings. The summed E-state index contributed by atoms with van der Waals surface area (Å²) in [5, 5.41) is 0. The minimum absolute atomic E-state index is 0.189. The molecule has 0 aliphatic heterocycles. The highest BCUT2D eigenvalue weighted by atomic mass is 19.1. The Hall–Kier alpha value is -0.890. The van der Waals surface area contributed by atoms with E-state index >= 15 is 0 Å². The molecule has 1 aromatic rings. The molecule has 1 unspecified atom stereocenters. The van der Waals surface area contributed by atoms with E-state index in [1.54, 1.807) is 0 Å². The summed E-state index contributed by atoms with van der Waals surface area (Å²) < 4.78 is 12.9. The number of rotatable bonds is 1. The first-order valence-electron chi connectivity index (χ1n) is 6.46. The second-order valence-corrected chi connectivity index (χ2v) is 6.18. The first kappa shape index (κ1) is 12.6. The molecule has 1 nitrogen and oxygen atoms in total. The third kappa shape index (κ3) is 2.86. The van der Waals surface area contributed by atoms with E-state index in [0.29, 0.717) is 5.41 Å². The summed E-state index contributed by atoms with van der Waals surface area (Å²) >= 11 is 0. The summed E-state index contributed by atoms with van der Waals surface area (Å²) in [6.07, 6.45) is 5.52. The van der Waals surface area contributed by atoms with E-state index in [9.17, 15) is 4.39 Å². The van der Waals surface area contributed by atoms with Crippen molar-refractivity contribution in [2.75, 3.05) is 0 Å². The predicted molar refractivity (Wildman–Crippen MR) is 69.1 cm³/mol. The molecule has 1 aliphatic rings. The largest absolute Gasteiger partial charge is 0.321 e. The Bertz CT molecular complexity index is 382. The maximum absolute atomic E-state index is 12.9. The number of nitrogens with two attached hydrogens (primary N) is 1. The van der Waals surface area contributed by atoms with E-state index in [1.807, 2.05) is 12.1 Å². The Morgan fingerprint density at radius 3 is 2.29 bits per heavy atom.